The second kappa shape index (κ2) is 5.98. The maximum absolute atomic E-state index is 13.1. The number of rotatable bonds is 5. The van der Waals surface area contributed by atoms with Gasteiger partial charge in [0.15, 0.2) is 0 Å². The molecular formula is C13H19FN2O2S. The molecule has 1 fully saturated rings. The molecule has 1 aromatic rings. The van der Waals surface area contributed by atoms with E-state index in [-0.39, 0.29) is 4.90 Å². The highest BCUT2D eigenvalue weighted by Gasteiger charge is 2.19. The summed E-state index contributed by atoms with van der Waals surface area (Å²) < 4.78 is 39.9. The Morgan fingerprint density at radius 1 is 1.47 bits per heavy atom. The Morgan fingerprint density at radius 3 is 2.95 bits per heavy atom. The molecule has 0 amide bonds. The van der Waals surface area contributed by atoms with Crippen molar-refractivity contribution in [2.24, 2.45) is 5.92 Å². The van der Waals surface area contributed by atoms with Gasteiger partial charge in [-0.05, 0) is 56.5 Å². The minimum absolute atomic E-state index is 0.0250. The van der Waals surface area contributed by atoms with E-state index >= 15 is 0 Å². The maximum atomic E-state index is 13.1. The monoisotopic (exact) mass is 286 g/mol. The van der Waals surface area contributed by atoms with Crippen molar-refractivity contribution in [2.75, 3.05) is 19.6 Å². The number of hydrogen-bond acceptors (Lipinski definition) is 3. The molecule has 4 nitrogen and oxygen atoms in total. The van der Waals surface area contributed by atoms with Crippen LogP contribution in [0.2, 0.25) is 0 Å². The molecule has 1 atom stereocenters. The van der Waals surface area contributed by atoms with Crippen molar-refractivity contribution < 1.29 is 12.8 Å². The van der Waals surface area contributed by atoms with E-state index < -0.39 is 15.8 Å². The quantitative estimate of drug-likeness (QED) is 0.860. The summed E-state index contributed by atoms with van der Waals surface area (Å²) in [6, 6.07) is 3.80. The zero-order valence-electron chi connectivity index (χ0n) is 10.9. The first-order valence-electron chi connectivity index (χ1n) is 6.45. The van der Waals surface area contributed by atoms with Crippen LogP contribution in [-0.2, 0) is 10.0 Å². The summed E-state index contributed by atoms with van der Waals surface area (Å²) in [5.74, 6) is -0.0118. The second-order valence-corrected chi connectivity index (χ2v) is 6.69. The summed E-state index contributed by atoms with van der Waals surface area (Å²) in [4.78, 5) is 0.0250. The van der Waals surface area contributed by atoms with Crippen LogP contribution in [0, 0.1) is 18.7 Å². The lowest BCUT2D eigenvalue weighted by Gasteiger charge is -2.11. The Balaban J connectivity index is 1.99. The molecule has 2 N–H and O–H groups in total. The molecule has 1 saturated heterocycles. The van der Waals surface area contributed by atoms with Gasteiger partial charge in [0.2, 0.25) is 10.0 Å². The average Bonchev–Trinajstić information content (AvgIpc) is 2.85. The van der Waals surface area contributed by atoms with Crippen LogP contribution in [-0.4, -0.2) is 28.1 Å². The Morgan fingerprint density at radius 2 is 2.26 bits per heavy atom. The topological polar surface area (TPSA) is 58.2 Å². The van der Waals surface area contributed by atoms with Crippen molar-refractivity contribution in [3.63, 3.8) is 0 Å². The zero-order chi connectivity index (χ0) is 13.9. The second-order valence-electron chi connectivity index (χ2n) is 4.96. The predicted molar refractivity (Wildman–Crippen MR) is 71.9 cm³/mol. The van der Waals surface area contributed by atoms with E-state index in [1.807, 2.05) is 0 Å². The zero-order valence-corrected chi connectivity index (χ0v) is 11.8. The third-order valence-electron chi connectivity index (χ3n) is 3.45. The lowest BCUT2D eigenvalue weighted by Crippen LogP contribution is -2.27. The Kier molecular flexibility index (Phi) is 4.54. The van der Waals surface area contributed by atoms with Crippen LogP contribution >= 0.6 is 0 Å². The first-order chi connectivity index (χ1) is 8.99. The van der Waals surface area contributed by atoms with Crippen molar-refractivity contribution in [1.29, 1.82) is 0 Å². The number of sulfonamides is 1. The van der Waals surface area contributed by atoms with Crippen LogP contribution in [0.3, 0.4) is 0 Å². The van der Waals surface area contributed by atoms with Crippen LogP contribution in [0.25, 0.3) is 0 Å². The van der Waals surface area contributed by atoms with Gasteiger partial charge in [-0.15, -0.1) is 0 Å². The van der Waals surface area contributed by atoms with E-state index in [0.717, 1.165) is 32.0 Å². The van der Waals surface area contributed by atoms with E-state index in [1.54, 1.807) is 6.92 Å². The normalized spacial score (nSPS) is 19.8. The Bertz CT molecular complexity index is 540. The van der Waals surface area contributed by atoms with Crippen LogP contribution in [0.5, 0.6) is 0 Å². The molecule has 0 aliphatic carbocycles. The van der Waals surface area contributed by atoms with E-state index in [9.17, 15) is 12.8 Å². The SMILES string of the molecule is Cc1ccc(F)cc1S(=O)(=O)NCC[C@@H]1CCNC1. The van der Waals surface area contributed by atoms with Gasteiger partial charge in [-0.3, -0.25) is 0 Å². The molecule has 0 spiro atoms. The van der Waals surface area contributed by atoms with Gasteiger partial charge in [-0.1, -0.05) is 6.07 Å². The van der Waals surface area contributed by atoms with Crippen molar-refractivity contribution in [3.05, 3.63) is 29.6 Å². The smallest absolute Gasteiger partial charge is 0.240 e. The molecule has 2 rings (SSSR count). The van der Waals surface area contributed by atoms with E-state index in [0.29, 0.717) is 18.0 Å². The summed E-state index contributed by atoms with van der Waals surface area (Å²) in [6.45, 7) is 4.00. The molecule has 0 radical (unpaired) electrons. The van der Waals surface area contributed by atoms with Crippen molar-refractivity contribution >= 4 is 10.0 Å². The standard InChI is InChI=1S/C13H19FN2O2S/c1-10-2-3-12(14)8-13(10)19(17,18)16-7-5-11-4-6-15-9-11/h2-3,8,11,15-16H,4-7,9H2,1H3/t11-/m0/s1. The Hall–Kier alpha value is -0.980. The molecule has 106 valence electrons. The minimum atomic E-state index is -3.62. The number of halogens is 1. The molecule has 0 aromatic heterocycles. The molecule has 0 unspecified atom stereocenters. The molecule has 1 aliphatic heterocycles. The molecule has 1 heterocycles. The van der Waals surface area contributed by atoms with Crippen molar-refractivity contribution in [1.82, 2.24) is 10.0 Å². The molecule has 0 bridgehead atoms. The van der Waals surface area contributed by atoms with Crippen molar-refractivity contribution in [2.45, 2.75) is 24.7 Å². The number of benzene rings is 1. The highest BCUT2D eigenvalue weighted by Crippen LogP contribution is 2.17. The van der Waals surface area contributed by atoms with Crippen molar-refractivity contribution in [3.8, 4) is 0 Å². The van der Waals surface area contributed by atoms with Gasteiger partial charge in [0.05, 0.1) is 4.90 Å². The van der Waals surface area contributed by atoms with E-state index in [4.69, 9.17) is 0 Å². The van der Waals surface area contributed by atoms with Gasteiger partial charge < -0.3 is 5.32 Å². The summed E-state index contributed by atoms with van der Waals surface area (Å²) in [6.07, 6.45) is 1.89. The molecular weight excluding hydrogens is 267 g/mol. The van der Waals surface area contributed by atoms with Gasteiger partial charge in [-0.2, -0.15) is 0 Å². The summed E-state index contributed by atoms with van der Waals surface area (Å²) in [5, 5.41) is 3.24. The lowest BCUT2D eigenvalue weighted by atomic mass is 10.1. The highest BCUT2D eigenvalue weighted by molar-refractivity contribution is 7.89. The number of hydrogen-bond donors (Lipinski definition) is 2. The third kappa shape index (κ3) is 3.75. The van der Waals surface area contributed by atoms with Crippen LogP contribution < -0.4 is 10.0 Å². The highest BCUT2D eigenvalue weighted by atomic mass is 32.2. The van der Waals surface area contributed by atoms with Gasteiger partial charge in [0.25, 0.3) is 0 Å². The summed E-state index contributed by atoms with van der Waals surface area (Å²) in [7, 11) is -3.62. The predicted octanol–water partition coefficient (Wildman–Crippen LogP) is 1.41. The summed E-state index contributed by atoms with van der Waals surface area (Å²) in [5.41, 5.74) is 0.552. The average molecular weight is 286 g/mol. The molecule has 1 aromatic carbocycles. The maximum Gasteiger partial charge on any atom is 0.240 e. The molecule has 0 saturated carbocycles. The fourth-order valence-electron chi connectivity index (χ4n) is 2.30. The molecule has 19 heavy (non-hydrogen) atoms. The fraction of sp³-hybridized carbons (Fsp3) is 0.538. The Labute approximate surface area is 113 Å². The largest absolute Gasteiger partial charge is 0.316 e. The van der Waals surface area contributed by atoms with Crippen LogP contribution in [0.4, 0.5) is 4.39 Å². The van der Waals surface area contributed by atoms with Gasteiger partial charge in [0, 0.05) is 6.54 Å². The van der Waals surface area contributed by atoms with Gasteiger partial charge in [-0.25, -0.2) is 17.5 Å². The molecule has 1 aliphatic rings. The third-order valence-corrected chi connectivity index (χ3v) is 5.05. The van der Waals surface area contributed by atoms with E-state index in [2.05, 4.69) is 10.0 Å². The fourth-order valence-corrected chi connectivity index (χ4v) is 3.60. The summed E-state index contributed by atoms with van der Waals surface area (Å²) >= 11 is 0. The lowest BCUT2D eigenvalue weighted by molar-refractivity contribution is 0.518. The van der Waals surface area contributed by atoms with Crippen LogP contribution in [0.1, 0.15) is 18.4 Å². The molecule has 6 heteroatoms. The van der Waals surface area contributed by atoms with Gasteiger partial charge >= 0.3 is 0 Å². The van der Waals surface area contributed by atoms with Crippen LogP contribution in [0.15, 0.2) is 23.1 Å². The minimum Gasteiger partial charge on any atom is -0.316 e. The van der Waals surface area contributed by atoms with Gasteiger partial charge in [0.1, 0.15) is 5.82 Å². The first kappa shape index (κ1) is 14.4. The number of aryl methyl sites for hydroxylation is 1. The number of nitrogens with one attached hydrogen (secondary N) is 2. The van der Waals surface area contributed by atoms with E-state index in [1.165, 1.54) is 12.1 Å². The first-order valence-corrected chi connectivity index (χ1v) is 7.94.